The summed E-state index contributed by atoms with van der Waals surface area (Å²) in [6.45, 7) is 0.288. The summed E-state index contributed by atoms with van der Waals surface area (Å²) in [5, 5.41) is 12.2. The van der Waals surface area contributed by atoms with Gasteiger partial charge in [0, 0.05) is 17.1 Å². The third-order valence-electron chi connectivity index (χ3n) is 2.77. The van der Waals surface area contributed by atoms with Crippen LogP contribution in [0.3, 0.4) is 0 Å². The maximum absolute atomic E-state index is 12.0. The smallest absolute Gasteiger partial charge is 0.335 e. The third kappa shape index (κ3) is 3.36. The Morgan fingerprint density at radius 3 is 2.45 bits per heavy atom. The van der Waals surface area contributed by atoms with Gasteiger partial charge in [0.1, 0.15) is 0 Å². The lowest BCUT2D eigenvalue weighted by Gasteiger charge is -2.07. The van der Waals surface area contributed by atoms with Gasteiger partial charge < -0.3 is 10.4 Å². The number of carboxylic acid groups (broad SMARTS) is 1. The van der Waals surface area contributed by atoms with Crippen molar-refractivity contribution in [2.45, 2.75) is 6.54 Å². The first-order valence-corrected chi connectivity index (χ1v) is 6.30. The summed E-state index contributed by atoms with van der Waals surface area (Å²) in [7, 11) is 0. The predicted molar refractivity (Wildman–Crippen MR) is 76.0 cm³/mol. The van der Waals surface area contributed by atoms with Crippen LogP contribution >= 0.6 is 11.6 Å². The molecule has 0 aliphatic carbocycles. The molecule has 20 heavy (non-hydrogen) atoms. The van der Waals surface area contributed by atoms with Crippen molar-refractivity contribution in [3.63, 3.8) is 0 Å². The molecule has 0 bridgehead atoms. The molecule has 2 aromatic rings. The van der Waals surface area contributed by atoms with E-state index in [1.165, 1.54) is 18.2 Å². The maximum atomic E-state index is 12.0. The lowest BCUT2D eigenvalue weighted by Crippen LogP contribution is -2.23. The molecule has 2 rings (SSSR count). The second kappa shape index (κ2) is 6.21. The van der Waals surface area contributed by atoms with Crippen molar-refractivity contribution < 1.29 is 14.7 Å². The summed E-state index contributed by atoms with van der Waals surface area (Å²) in [5.74, 6) is -1.40. The van der Waals surface area contributed by atoms with E-state index >= 15 is 0 Å². The molecular formula is C15H12ClNO3. The van der Waals surface area contributed by atoms with Crippen LogP contribution in [0, 0.1) is 0 Å². The number of rotatable bonds is 4. The summed E-state index contributed by atoms with van der Waals surface area (Å²) in [5.41, 5.74) is 1.18. The molecule has 0 fully saturated rings. The topological polar surface area (TPSA) is 66.4 Å². The van der Waals surface area contributed by atoms with Gasteiger partial charge in [-0.25, -0.2) is 4.79 Å². The van der Waals surface area contributed by atoms with Gasteiger partial charge in [0.15, 0.2) is 0 Å². The van der Waals surface area contributed by atoms with E-state index in [2.05, 4.69) is 5.32 Å². The van der Waals surface area contributed by atoms with Gasteiger partial charge in [-0.2, -0.15) is 0 Å². The second-order valence-electron chi connectivity index (χ2n) is 4.16. The van der Waals surface area contributed by atoms with Crippen molar-refractivity contribution in [3.8, 4) is 0 Å². The quantitative estimate of drug-likeness (QED) is 0.909. The average molecular weight is 290 g/mol. The van der Waals surface area contributed by atoms with Crippen LogP contribution in [0.5, 0.6) is 0 Å². The fourth-order valence-electron chi connectivity index (χ4n) is 1.71. The van der Waals surface area contributed by atoms with E-state index in [1.807, 2.05) is 18.2 Å². The number of carboxylic acids is 1. The van der Waals surface area contributed by atoms with Crippen molar-refractivity contribution >= 4 is 23.5 Å². The number of carbonyl (C=O) groups excluding carboxylic acids is 1. The monoisotopic (exact) mass is 289 g/mol. The van der Waals surface area contributed by atoms with Crippen molar-refractivity contribution in [1.82, 2.24) is 5.32 Å². The first-order chi connectivity index (χ1) is 9.58. The van der Waals surface area contributed by atoms with Gasteiger partial charge in [-0.05, 0) is 29.8 Å². The van der Waals surface area contributed by atoms with E-state index in [0.717, 1.165) is 5.56 Å². The van der Waals surface area contributed by atoms with Crippen molar-refractivity contribution in [2.24, 2.45) is 0 Å². The molecule has 0 unspecified atom stereocenters. The fraction of sp³-hybridized carbons (Fsp3) is 0.0667. The minimum Gasteiger partial charge on any atom is -0.478 e. The largest absolute Gasteiger partial charge is 0.478 e. The van der Waals surface area contributed by atoms with E-state index in [1.54, 1.807) is 12.1 Å². The second-order valence-corrected chi connectivity index (χ2v) is 4.57. The number of carbonyl (C=O) groups is 2. The number of nitrogens with one attached hydrogen (secondary N) is 1. The Hall–Kier alpha value is -2.33. The number of amides is 1. The van der Waals surface area contributed by atoms with Crippen LogP contribution < -0.4 is 5.32 Å². The van der Waals surface area contributed by atoms with Crippen LogP contribution in [-0.2, 0) is 6.54 Å². The Kier molecular flexibility index (Phi) is 4.38. The molecule has 5 heteroatoms. The summed E-state index contributed by atoms with van der Waals surface area (Å²) in [4.78, 5) is 22.8. The fourth-order valence-corrected chi connectivity index (χ4v) is 1.92. The molecule has 0 aliphatic heterocycles. The zero-order chi connectivity index (χ0) is 14.5. The Balaban J connectivity index is 2.07. The zero-order valence-corrected chi connectivity index (χ0v) is 11.2. The van der Waals surface area contributed by atoms with Crippen LogP contribution in [0.2, 0.25) is 5.02 Å². The standard InChI is InChI=1S/C15H12ClNO3/c16-13-7-2-1-4-12(13)9-17-14(18)10-5-3-6-11(8-10)15(19)20/h1-8H,9H2,(H,17,18)(H,19,20). The first kappa shape index (κ1) is 14.1. The van der Waals surface area contributed by atoms with Crippen LogP contribution in [0.15, 0.2) is 48.5 Å². The van der Waals surface area contributed by atoms with Gasteiger partial charge in [0.2, 0.25) is 0 Å². The van der Waals surface area contributed by atoms with Gasteiger partial charge >= 0.3 is 5.97 Å². The predicted octanol–water partition coefficient (Wildman–Crippen LogP) is 2.97. The van der Waals surface area contributed by atoms with E-state index in [9.17, 15) is 9.59 Å². The Labute approximate surface area is 121 Å². The Morgan fingerprint density at radius 2 is 1.75 bits per heavy atom. The molecule has 0 saturated heterocycles. The molecule has 0 aliphatic rings. The van der Waals surface area contributed by atoms with E-state index in [-0.39, 0.29) is 18.0 Å². The summed E-state index contributed by atoms with van der Waals surface area (Å²) < 4.78 is 0. The minimum atomic E-state index is -1.06. The van der Waals surface area contributed by atoms with Gasteiger partial charge in [0.05, 0.1) is 5.56 Å². The molecule has 0 atom stereocenters. The molecule has 0 saturated carbocycles. The van der Waals surface area contributed by atoms with Gasteiger partial charge in [-0.1, -0.05) is 35.9 Å². The van der Waals surface area contributed by atoms with E-state index in [0.29, 0.717) is 10.6 Å². The lowest BCUT2D eigenvalue weighted by atomic mass is 10.1. The van der Waals surface area contributed by atoms with Crippen molar-refractivity contribution in [2.75, 3.05) is 0 Å². The molecule has 0 spiro atoms. The molecule has 2 aromatic carbocycles. The number of aromatic carboxylic acids is 1. The van der Waals surface area contributed by atoms with Gasteiger partial charge in [-0.3, -0.25) is 4.79 Å². The SMILES string of the molecule is O=C(O)c1cccc(C(=O)NCc2ccccc2Cl)c1. The summed E-state index contributed by atoms with van der Waals surface area (Å²) in [6, 6.07) is 13.1. The zero-order valence-electron chi connectivity index (χ0n) is 10.5. The van der Waals surface area contributed by atoms with Crippen LogP contribution in [0.4, 0.5) is 0 Å². The van der Waals surface area contributed by atoms with Gasteiger partial charge in [0.25, 0.3) is 5.91 Å². The molecule has 102 valence electrons. The maximum Gasteiger partial charge on any atom is 0.335 e. The molecule has 0 radical (unpaired) electrons. The highest BCUT2D eigenvalue weighted by Crippen LogP contribution is 2.14. The highest BCUT2D eigenvalue weighted by Gasteiger charge is 2.09. The normalized spacial score (nSPS) is 10.1. The van der Waals surface area contributed by atoms with Gasteiger partial charge in [-0.15, -0.1) is 0 Å². The Morgan fingerprint density at radius 1 is 1.05 bits per heavy atom. The number of hydrogen-bond donors (Lipinski definition) is 2. The van der Waals surface area contributed by atoms with E-state index < -0.39 is 5.97 Å². The molecular weight excluding hydrogens is 278 g/mol. The first-order valence-electron chi connectivity index (χ1n) is 5.93. The van der Waals surface area contributed by atoms with Crippen molar-refractivity contribution in [1.29, 1.82) is 0 Å². The number of halogens is 1. The lowest BCUT2D eigenvalue weighted by molar-refractivity contribution is 0.0697. The minimum absolute atomic E-state index is 0.0791. The van der Waals surface area contributed by atoms with Crippen molar-refractivity contribution in [3.05, 3.63) is 70.2 Å². The molecule has 0 heterocycles. The number of benzene rings is 2. The van der Waals surface area contributed by atoms with Crippen LogP contribution in [0.1, 0.15) is 26.3 Å². The van der Waals surface area contributed by atoms with Crippen LogP contribution in [0.25, 0.3) is 0 Å². The highest BCUT2D eigenvalue weighted by molar-refractivity contribution is 6.31. The summed E-state index contributed by atoms with van der Waals surface area (Å²) >= 11 is 5.99. The summed E-state index contributed by atoms with van der Waals surface area (Å²) in [6.07, 6.45) is 0. The Bertz CT molecular complexity index is 655. The highest BCUT2D eigenvalue weighted by atomic mass is 35.5. The number of hydrogen-bond acceptors (Lipinski definition) is 2. The molecule has 0 aromatic heterocycles. The molecule has 1 amide bonds. The molecule has 2 N–H and O–H groups in total. The average Bonchev–Trinajstić information content (AvgIpc) is 2.46. The third-order valence-corrected chi connectivity index (χ3v) is 3.14. The molecule has 4 nitrogen and oxygen atoms in total. The van der Waals surface area contributed by atoms with Crippen LogP contribution in [-0.4, -0.2) is 17.0 Å². The van der Waals surface area contributed by atoms with E-state index in [4.69, 9.17) is 16.7 Å².